The average molecular weight is 335 g/mol. The van der Waals surface area contributed by atoms with Crippen molar-refractivity contribution >= 4 is 27.5 Å². The van der Waals surface area contributed by atoms with Gasteiger partial charge in [-0.15, -0.1) is 0 Å². The summed E-state index contributed by atoms with van der Waals surface area (Å²) in [4.78, 5) is 2.38. The molecule has 1 aliphatic rings. The highest BCUT2D eigenvalue weighted by Crippen LogP contribution is 2.26. The van der Waals surface area contributed by atoms with E-state index in [0.717, 1.165) is 17.4 Å². The van der Waals surface area contributed by atoms with Gasteiger partial charge >= 0.3 is 0 Å². The Labute approximate surface area is 121 Å². The van der Waals surface area contributed by atoms with Crippen LogP contribution in [0.4, 0.5) is 4.39 Å². The van der Waals surface area contributed by atoms with E-state index in [0.29, 0.717) is 17.6 Å². The van der Waals surface area contributed by atoms with Crippen molar-refractivity contribution in [1.82, 2.24) is 4.90 Å². The van der Waals surface area contributed by atoms with Gasteiger partial charge in [0.1, 0.15) is 5.82 Å². The van der Waals surface area contributed by atoms with Crippen molar-refractivity contribution in [1.29, 1.82) is 0 Å². The number of hydrogen-bond donors (Lipinski definition) is 0. The van der Waals surface area contributed by atoms with Gasteiger partial charge in [0.2, 0.25) is 0 Å². The van der Waals surface area contributed by atoms with Gasteiger partial charge in [-0.1, -0.05) is 46.4 Å². The predicted molar refractivity (Wildman–Crippen MR) is 77.9 cm³/mol. The van der Waals surface area contributed by atoms with Crippen LogP contribution in [-0.4, -0.2) is 22.8 Å². The van der Waals surface area contributed by atoms with Crippen LogP contribution in [0.2, 0.25) is 5.02 Å². The van der Waals surface area contributed by atoms with Crippen LogP contribution >= 0.6 is 27.5 Å². The molecule has 1 aromatic carbocycles. The molecule has 0 unspecified atom stereocenters. The van der Waals surface area contributed by atoms with E-state index in [9.17, 15) is 4.39 Å². The fourth-order valence-corrected chi connectivity index (χ4v) is 3.25. The average Bonchev–Trinajstić information content (AvgIpc) is 2.85. The molecular weight excluding hydrogens is 317 g/mol. The maximum Gasteiger partial charge on any atom is 0.129 e. The summed E-state index contributed by atoms with van der Waals surface area (Å²) >= 11 is 9.26. The first kappa shape index (κ1) is 14.3. The fraction of sp³-hybridized carbons (Fsp3) is 0.571. The molecule has 4 heteroatoms. The van der Waals surface area contributed by atoms with Gasteiger partial charge in [-0.3, -0.25) is 4.90 Å². The standard InChI is InChI=1S/C14H18BrClFN/c15-7-8-18(13-3-1-2-4-13)10-11-5-6-12(16)9-14(11)17/h5-6,9,13H,1-4,7-8,10H2. The second kappa shape index (κ2) is 6.88. The highest BCUT2D eigenvalue weighted by Gasteiger charge is 2.22. The number of halogens is 3. The van der Waals surface area contributed by atoms with Crippen LogP contribution in [0.5, 0.6) is 0 Å². The Morgan fingerprint density at radius 1 is 1.33 bits per heavy atom. The third kappa shape index (κ3) is 3.69. The van der Waals surface area contributed by atoms with Crippen molar-refractivity contribution < 1.29 is 4.39 Å². The van der Waals surface area contributed by atoms with Gasteiger partial charge in [-0.25, -0.2) is 4.39 Å². The van der Waals surface area contributed by atoms with Crippen LogP contribution in [0, 0.1) is 5.82 Å². The summed E-state index contributed by atoms with van der Waals surface area (Å²) in [7, 11) is 0. The molecule has 18 heavy (non-hydrogen) atoms. The van der Waals surface area contributed by atoms with E-state index in [2.05, 4.69) is 20.8 Å². The SMILES string of the molecule is Fc1cc(Cl)ccc1CN(CCBr)C1CCCC1. The summed E-state index contributed by atoms with van der Waals surface area (Å²) in [5.74, 6) is -0.194. The Morgan fingerprint density at radius 3 is 2.67 bits per heavy atom. The van der Waals surface area contributed by atoms with E-state index in [1.165, 1.54) is 31.7 Å². The predicted octanol–water partition coefficient (Wildman–Crippen LogP) is 4.62. The number of rotatable bonds is 5. The molecule has 0 spiro atoms. The Kier molecular flexibility index (Phi) is 5.46. The number of hydrogen-bond acceptors (Lipinski definition) is 1. The Bertz CT molecular complexity index is 393. The summed E-state index contributed by atoms with van der Waals surface area (Å²) in [5, 5.41) is 1.39. The van der Waals surface area contributed by atoms with Crippen molar-refractivity contribution in [3.8, 4) is 0 Å². The zero-order valence-electron chi connectivity index (χ0n) is 10.3. The maximum atomic E-state index is 13.8. The lowest BCUT2D eigenvalue weighted by Gasteiger charge is -2.28. The van der Waals surface area contributed by atoms with Crippen LogP contribution in [0.15, 0.2) is 18.2 Å². The van der Waals surface area contributed by atoms with Crippen molar-refractivity contribution in [3.05, 3.63) is 34.6 Å². The van der Waals surface area contributed by atoms with Crippen molar-refractivity contribution in [2.75, 3.05) is 11.9 Å². The Hall–Kier alpha value is -0.120. The van der Waals surface area contributed by atoms with Crippen molar-refractivity contribution in [3.63, 3.8) is 0 Å². The van der Waals surface area contributed by atoms with E-state index in [4.69, 9.17) is 11.6 Å². The van der Waals surface area contributed by atoms with Crippen molar-refractivity contribution in [2.24, 2.45) is 0 Å². The highest BCUT2D eigenvalue weighted by molar-refractivity contribution is 9.09. The Morgan fingerprint density at radius 2 is 2.06 bits per heavy atom. The first-order valence-electron chi connectivity index (χ1n) is 6.44. The molecule has 0 atom stereocenters. The summed E-state index contributed by atoms with van der Waals surface area (Å²) in [6.45, 7) is 1.64. The van der Waals surface area contributed by atoms with Gasteiger partial charge in [0.15, 0.2) is 0 Å². The molecule has 0 heterocycles. The highest BCUT2D eigenvalue weighted by atomic mass is 79.9. The third-order valence-corrected chi connectivity index (χ3v) is 4.19. The van der Waals surface area contributed by atoms with E-state index >= 15 is 0 Å². The van der Waals surface area contributed by atoms with Crippen LogP contribution in [0.1, 0.15) is 31.2 Å². The normalized spacial score (nSPS) is 16.7. The van der Waals surface area contributed by atoms with Gasteiger partial charge in [0.05, 0.1) is 0 Å². The molecule has 0 aliphatic heterocycles. The fourth-order valence-electron chi connectivity index (χ4n) is 2.64. The first-order valence-corrected chi connectivity index (χ1v) is 7.94. The zero-order valence-corrected chi connectivity index (χ0v) is 12.7. The molecule has 1 saturated carbocycles. The first-order chi connectivity index (χ1) is 8.70. The minimum atomic E-state index is -0.194. The molecule has 1 nitrogen and oxygen atoms in total. The number of alkyl halides is 1. The monoisotopic (exact) mass is 333 g/mol. The van der Waals surface area contributed by atoms with E-state index in [1.807, 2.05) is 0 Å². The van der Waals surface area contributed by atoms with Crippen molar-refractivity contribution in [2.45, 2.75) is 38.3 Å². The molecular formula is C14H18BrClFN. The molecule has 0 amide bonds. The quantitative estimate of drug-likeness (QED) is 0.710. The van der Waals surface area contributed by atoms with Gasteiger partial charge in [-0.05, 0) is 25.0 Å². The van der Waals surface area contributed by atoms with Crippen LogP contribution in [0.25, 0.3) is 0 Å². The lowest BCUT2D eigenvalue weighted by Crippen LogP contribution is -2.34. The largest absolute Gasteiger partial charge is 0.295 e. The molecule has 0 bridgehead atoms. The minimum absolute atomic E-state index is 0.194. The molecule has 0 aromatic heterocycles. The van der Waals surface area contributed by atoms with Gasteiger partial charge in [0, 0.05) is 35.0 Å². The van der Waals surface area contributed by atoms with Gasteiger partial charge in [-0.2, -0.15) is 0 Å². The lowest BCUT2D eigenvalue weighted by molar-refractivity contribution is 0.200. The summed E-state index contributed by atoms with van der Waals surface area (Å²) < 4.78 is 13.8. The lowest BCUT2D eigenvalue weighted by atomic mass is 10.1. The maximum absolute atomic E-state index is 13.8. The number of nitrogens with zero attached hydrogens (tertiary/aromatic N) is 1. The van der Waals surface area contributed by atoms with Gasteiger partial charge < -0.3 is 0 Å². The molecule has 0 saturated heterocycles. The zero-order chi connectivity index (χ0) is 13.0. The molecule has 1 aliphatic carbocycles. The van der Waals surface area contributed by atoms with Crippen LogP contribution < -0.4 is 0 Å². The topological polar surface area (TPSA) is 3.24 Å². The van der Waals surface area contributed by atoms with E-state index in [1.54, 1.807) is 12.1 Å². The second-order valence-corrected chi connectivity index (χ2v) is 6.06. The molecule has 0 radical (unpaired) electrons. The Balaban J connectivity index is 2.07. The molecule has 100 valence electrons. The molecule has 2 rings (SSSR count). The third-order valence-electron chi connectivity index (χ3n) is 3.60. The smallest absolute Gasteiger partial charge is 0.129 e. The van der Waals surface area contributed by atoms with Crippen LogP contribution in [-0.2, 0) is 6.54 Å². The van der Waals surface area contributed by atoms with Crippen LogP contribution in [0.3, 0.4) is 0 Å². The molecule has 1 fully saturated rings. The second-order valence-electron chi connectivity index (χ2n) is 4.83. The van der Waals surface area contributed by atoms with Gasteiger partial charge in [0.25, 0.3) is 0 Å². The van der Waals surface area contributed by atoms with E-state index < -0.39 is 0 Å². The summed E-state index contributed by atoms with van der Waals surface area (Å²) in [6.07, 6.45) is 5.07. The summed E-state index contributed by atoms with van der Waals surface area (Å²) in [5.41, 5.74) is 0.743. The molecule has 0 N–H and O–H groups in total. The number of benzene rings is 1. The summed E-state index contributed by atoms with van der Waals surface area (Å²) in [6, 6.07) is 5.57. The van der Waals surface area contributed by atoms with E-state index in [-0.39, 0.29) is 5.82 Å². The minimum Gasteiger partial charge on any atom is -0.295 e. The molecule has 1 aromatic rings.